The van der Waals surface area contributed by atoms with Gasteiger partial charge < -0.3 is 16.9 Å². The van der Waals surface area contributed by atoms with Gasteiger partial charge in [0.05, 0.1) is 11.2 Å². The van der Waals surface area contributed by atoms with Crippen LogP contribution in [0.5, 0.6) is 0 Å². The number of nitrogen functional groups attached to an aromatic ring is 2. The molecule has 68 valence electrons. The summed E-state index contributed by atoms with van der Waals surface area (Å²) in [6.45, 7) is 0. The van der Waals surface area contributed by atoms with Crippen LogP contribution in [-0.4, -0.2) is 11.7 Å². The largest absolute Gasteiger partial charge is 0.398 e. The molecule has 13 heavy (non-hydrogen) atoms. The Morgan fingerprint density at radius 1 is 1.15 bits per heavy atom. The lowest BCUT2D eigenvalue weighted by atomic mass is 10.2. The second-order valence-corrected chi connectivity index (χ2v) is 2.92. The van der Waals surface area contributed by atoms with Crippen molar-refractivity contribution in [3.05, 3.63) is 24.4 Å². The Balaban J connectivity index is 2.87. The summed E-state index contributed by atoms with van der Waals surface area (Å²) in [5, 5.41) is 0.981. The standard InChI is InChI=1S/C9H12N4/c1-12-13-5-4-6-7(10)2-3-8(11)9(6)13/h2-5,12H,10-11H2,1H3. The fourth-order valence-electron chi connectivity index (χ4n) is 1.49. The average Bonchev–Trinajstić information content (AvgIpc) is 2.56. The van der Waals surface area contributed by atoms with Crippen LogP contribution >= 0.6 is 0 Å². The molecule has 2 aromatic rings. The van der Waals surface area contributed by atoms with Crippen molar-refractivity contribution in [2.24, 2.45) is 0 Å². The maximum atomic E-state index is 5.83. The van der Waals surface area contributed by atoms with Gasteiger partial charge in [-0.25, -0.2) is 0 Å². The second-order valence-electron chi connectivity index (χ2n) is 2.92. The number of aromatic nitrogens is 1. The Bertz CT molecular complexity index is 444. The van der Waals surface area contributed by atoms with Crippen molar-refractivity contribution in [3.63, 3.8) is 0 Å². The molecule has 0 bridgehead atoms. The third-order valence-electron chi connectivity index (χ3n) is 2.15. The zero-order chi connectivity index (χ0) is 9.42. The molecule has 5 N–H and O–H groups in total. The first-order chi connectivity index (χ1) is 6.24. The maximum absolute atomic E-state index is 5.83. The minimum absolute atomic E-state index is 0.726. The first-order valence-corrected chi connectivity index (χ1v) is 4.07. The zero-order valence-corrected chi connectivity index (χ0v) is 7.41. The maximum Gasteiger partial charge on any atom is 0.0942 e. The molecule has 0 atom stereocenters. The number of nitrogens with two attached hydrogens (primary N) is 2. The number of nitrogens with zero attached hydrogens (tertiary/aromatic N) is 1. The van der Waals surface area contributed by atoms with E-state index < -0.39 is 0 Å². The van der Waals surface area contributed by atoms with E-state index in [1.165, 1.54) is 0 Å². The molecule has 2 rings (SSSR count). The molecule has 1 aromatic heterocycles. The van der Waals surface area contributed by atoms with Crippen LogP contribution in [0.2, 0.25) is 0 Å². The van der Waals surface area contributed by atoms with E-state index in [9.17, 15) is 0 Å². The molecule has 0 spiro atoms. The second kappa shape index (κ2) is 2.58. The Morgan fingerprint density at radius 3 is 2.54 bits per heavy atom. The summed E-state index contributed by atoms with van der Waals surface area (Å²) in [7, 11) is 1.84. The molecule has 4 heteroatoms. The predicted molar refractivity (Wildman–Crippen MR) is 56.0 cm³/mol. The molecule has 0 unspecified atom stereocenters. The van der Waals surface area contributed by atoms with Gasteiger partial charge in [0.1, 0.15) is 0 Å². The molecule has 0 aliphatic rings. The SMILES string of the molecule is CNn1ccc2c(N)ccc(N)c21. The van der Waals surface area contributed by atoms with Crippen LogP contribution in [0.25, 0.3) is 10.9 Å². The van der Waals surface area contributed by atoms with Crippen molar-refractivity contribution in [1.82, 2.24) is 4.68 Å². The lowest BCUT2D eigenvalue weighted by molar-refractivity contribution is 0.977. The van der Waals surface area contributed by atoms with Crippen LogP contribution < -0.4 is 16.9 Å². The molecular weight excluding hydrogens is 164 g/mol. The van der Waals surface area contributed by atoms with Crippen molar-refractivity contribution in [2.45, 2.75) is 0 Å². The van der Waals surface area contributed by atoms with Gasteiger partial charge in [0.2, 0.25) is 0 Å². The van der Waals surface area contributed by atoms with Crippen molar-refractivity contribution in [1.29, 1.82) is 0 Å². The molecular formula is C9H12N4. The highest BCUT2D eigenvalue weighted by molar-refractivity contribution is 5.98. The summed E-state index contributed by atoms with van der Waals surface area (Å²) in [5.74, 6) is 0. The lowest BCUT2D eigenvalue weighted by Crippen LogP contribution is -2.07. The van der Waals surface area contributed by atoms with Crippen LogP contribution in [0.4, 0.5) is 11.4 Å². The van der Waals surface area contributed by atoms with Crippen LogP contribution in [0, 0.1) is 0 Å². The minimum Gasteiger partial charge on any atom is -0.398 e. The van der Waals surface area contributed by atoms with Gasteiger partial charge in [0.15, 0.2) is 0 Å². The Morgan fingerprint density at radius 2 is 1.85 bits per heavy atom. The minimum atomic E-state index is 0.726. The smallest absolute Gasteiger partial charge is 0.0942 e. The molecule has 4 nitrogen and oxygen atoms in total. The molecule has 0 radical (unpaired) electrons. The van der Waals surface area contributed by atoms with Gasteiger partial charge >= 0.3 is 0 Å². The first kappa shape index (κ1) is 7.79. The van der Waals surface area contributed by atoms with E-state index in [0.717, 1.165) is 22.3 Å². The number of fused-ring (bicyclic) bond motifs is 1. The molecule has 0 saturated heterocycles. The molecule has 0 amide bonds. The van der Waals surface area contributed by atoms with E-state index in [-0.39, 0.29) is 0 Å². The van der Waals surface area contributed by atoms with Crippen LogP contribution in [0.3, 0.4) is 0 Å². The predicted octanol–water partition coefficient (Wildman–Crippen LogP) is 0.979. The van der Waals surface area contributed by atoms with E-state index in [0.29, 0.717) is 0 Å². The lowest BCUT2D eigenvalue weighted by Gasteiger charge is -2.06. The third kappa shape index (κ3) is 0.989. The van der Waals surface area contributed by atoms with Crippen LogP contribution in [0.15, 0.2) is 24.4 Å². The van der Waals surface area contributed by atoms with Gasteiger partial charge in [0, 0.05) is 24.3 Å². The number of anilines is 2. The Kier molecular flexibility index (Phi) is 1.55. The van der Waals surface area contributed by atoms with Crippen LogP contribution in [-0.2, 0) is 0 Å². The third-order valence-corrected chi connectivity index (χ3v) is 2.15. The van der Waals surface area contributed by atoms with E-state index in [2.05, 4.69) is 5.43 Å². The quantitative estimate of drug-likeness (QED) is 0.567. The van der Waals surface area contributed by atoms with Gasteiger partial charge in [-0.05, 0) is 18.2 Å². The van der Waals surface area contributed by atoms with Crippen molar-refractivity contribution in [3.8, 4) is 0 Å². The average molecular weight is 176 g/mol. The van der Waals surface area contributed by atoms with E-state index in [4.69, 9.17) is 11.5 Å². The molecule has 0 saturated carbocycles. The summed E-state index contributed by atoms with van der Waals surface area (Å²) >= 11 is 0. The molecule has 0 aliphatic carbocycles. The van der Waals surface area contributed by atoms with Crippen molar-refractivity contribution >= 4 is 22.3 Å². The number of nitrogens with one attached hydrogen (secondary N) is 1. The van der Waals surface area contributed by atoms with Crippen LogP contribution in [0.1, 0.15) is 0 Å². The highest BCUT2D eigenvalue weighted by Crippen LogP contribution is 2.26. The molecule has 0 aliphatic heterocycles. The topological polar surface area (TPSA) is 69.0 Å². The summed E-state index contributed by atoms with van der Waals surface area (Å²) in [5.41, 5.74) is 17.0. The van der Waals surface area contributed by atoms with Crippen molar-refractivity contribution < 1.29 is 0 Å². The molecule has 1 heterocycles. The molecule has 1 aromatic carbocycles. The van der Waals surface area contributed by atoms with Gasteiger partial charge in [-0.1, -0.05) is 0 Å². The normalized spacial score (nSPS) is 10.5. The number of rotatable bonds is 1. The highest BCUT2D eigenvalue weighted by atomic mass is 15.4. The van der Waals surface area contributed by atoms with E-state index in [1.807, 2.05) is 36.1 Å². The fourth-order valence-corrected chi connectivity index (χ4v) is 1.49. The summed E-state index contributed by atoms with van der Waals surface area (Å²) in [6, 6.07) is 5.57. The summed E-state index contributed by atoms with van der Waals surface area (Å²) in [6.07, 6.45) is 1.90. The van der Waals surface area contributed by atoms with Crippen molar-refractivity contribution in [2.75, 3.05) is 23.9 Å². The Hall–Kier alpha value is -1.84. The van der Waals surface area contributed by atoms with E-state index >= 15 is 0 Å². The Labute approximate surface area is 76.1 Å². The number of hydrogen-bond acceptors (Lipinski definition) is 3. The fraction of sp³-hybridized carbons (Fsp3) is 0.111. The van der Waals surface area contributed by atoms with Gasteiger partial charge in [-0.3, -0.25) is 4.68 Å². The van der Waals surface area contributed by atoms with Gasteiger partial charge in [0.25, 0.3) is 0 Å². The summed E-state index contributed by atoms with van der Waals surface area (Å²) in [4.78, 5) is 0. The van der Waals surface area contributed by atoms with E-state index in [1.54, 1.807) is 0 Å². The monoisotopic (exact) mass is 176 g/mol. The van der Waals surface area contributed by atoms with Gasteiger partial charge in [-0.15, -0.1) is 0 Å². The number of benzene rings is 1. The van der Waals surface area contributed by atoms with Gasteiger partial charge in [-0.2, -0.15) is 0 Å². The summed E-state index contributed by atoms with van der Waals surface area (Å²) < 4.78 is 1.85. The number of hydrogen-bond donors (Lipinski definition) is 3. The highest BCUT2D eigenvalue weighted by Gasteiger charge is 2.05. The first-order valence-electron chi connectivity index (χ1n) is 4.07. The zero-order valence-electron chi connectivity index (χ0n) is 7.41. The molecule has 0 fully saturated rings.